The maximum absolute atomic E-state index is 11.5. The minimum Gasteiger partial charge on any atom is -0.251 e. The summed E-state index contributed by atoms with van der Waals surface area (Å²) in [5.74, 6) is 0.908. The first kappa shape index (κ1) is 11.8. The van der Waals surface area contributed by atoms with E-state index in [2.05, 4.69) is 22.0 Å². The Morgan fingerprint density at radius 3 is 2.68 bits per heavy atom. The van der Waals surface area contributed by atoms with Crippen molar-refractivity contribution in [2.45, 2.75) is 36.8 Å². The fourth-order valence-electron chi connectivity index (χ4n) is 3.84. The topological polar surface area (TPSA) is 60.2 Å². The fourth-order valence-corrected chi connectivity index (χ4v) is 4.45. The molecule has 0 aliphatic heterocycles. The van der Waals surface area contributed by atoms with Gasteiger partial charge in [-0.15, -0.1) is 5.10 Å². The zero-order valence-corrected chi connectivity index (χ0v) is 12.3. The van der Waals surface area contributed by atoms with Crippen LogP contribution in [0.15, 0.2) is 11.4 Å². The van der Waals surface area contributed by atoms with Gasteiger partial charge in [0.25, 0.3) is 0 Å². The van der Waals surface area contributed by atoms with E-state index in [4.69, 9.17) is 11.6 Å². The van der Waals surface area contributed by atoms with Crippen LogP contribution in [0.1, 0.15) is 32.0 Å². The lowest BCUT2D eigenvalue weighted by Crippen LogP contribution is -2.63. The molecule has 5 rings (SSSR count). The van der Waals surface area contributed by atoms with Gasteiger partial charge in [0.2, 0.25) is 5.16 Å². The standard InChI is InChI=1S/C12H13ClN4OS/c1-11-4-12(5-11,6-11)9-15-8(13)7-3-14-10(19(2)18)16-17(7)9/h3H,4-6H2,1-2H3. The molecule has 7 heteroatoms. The summed E-state index contributed by atoms with van der Waals surface area (Å²) in [6, 6.07) is 0. The maximum Gasteiger partial charge on any atom is 0.237 e. The second kappa shape index (κ2) is 3.35. The summed E-state index contributed by atoms with van der Waals surface area (Å²) in [7, 11) is -1.20. The van der Waals surface area contributed by atoms with E-state index in [1.54, 1.807) is 17.0 Å². The number of aromatic nitrogens is 4. The van der Waals surface area contributed by atoms with E-state index in [1.807, 2.05) is 0 Å². The Morgan fingerprint density at radius 2 is 2.11 bits per heavy atom. The van der Waals surface area contributed by atoms with Gasteiger partial charge in [-0.2, -0.15) is 0 Å². The highest BCUT2D eigenvalue weighted by Crippen LogP contribution is 2.73. The zero-order chi connectivity index (χ0) is 13.4. The molecule has 2 aromatic rings. The average molecular weight is 297 g/mol. The van der Waals surface area contributed by atoms with Crippen LogP contribution >= 0.6 is 11.6 Å². The summed E-state index contributed by atoms with van der Waals surface area (Å²) in [5.41, 5.74) is 1.31. The smallest absolute Gasteiger partial charge is 0.237 e. The van der Waals surface area contributed by atoms with Gasteiger partial charge < -0.3 is 0 Å². The Morgan fingerprint density at radius 1 is 1.42 bits per heavy atom. The van der Waals surface area contributed by atoms with Gasteiger partial charge in [-0.25, -0.2) is 14.5 Å². The molecule has 19 heavy (non-hydrogen) atoms. The van der Waals surface area contributed by atoms with E-state index in [1.165, 1.54) is 0 Å². The van der Waals surface area contributed by atoms with Crippen molar-refractivity contribution in [1.82, 2.24) is 19.6 Å². The van der Waals surface area contributed by atoms with Gasteiger partial charge in [0.1, 0.15) is 11.3 Å². The van der Waals surface area contributed by atoms with E-state index in [0.717, 1.165) is 25.1 Å². The van der Waals surface area contributed by atoms with E-state index in [-0.39, 0.29) is 5.41 Å². The third kappa shape index (κ3) is 1.41. The third-order valence-electron chi connectivity index (χ3n) is 4.35. The summed E-state index contributed by atoms with van der Waals surface area (Å²) in [4.78, 5) is 8.56. The molecule has 0 N–H and O–H groups in total. The van der Waals surface area contributed by atoms with Crippen LogP contribution < -0.4 is 0 Å². The lowest BCUT2D eigenvalue weighted by Gasteiger charge is -2.68. The van der Waals surface area contributed by atoms with Gasteiger partial charge in [-0.05, 0) is 24.7 Å². The second-order valence-corrected chi connectivity index (χ2v) is 7.77. The molecule has 1 unspecified atom stereocenters. The Kier molecular flexibility index (Phi) is 2.08. The van der Waals surface area contributed by atoms with Crippen LogP contribution in [-0.2, 0) is 16.2 Å². The van der Waals surface area contributed by atoms with Crippen molar-refractivity contribution in [3.05, 3.63) is 17.2 Å². The Balaban J connectivity index is 1.91. The van der Waals surface area contributed by atoms with Crippen molar-refractivity contribution in [3.8, 4) is 0 Å². The van der Waals surface area contributed by atoms with Crippen molar-refractivity contribution in [1.29, 1.82) is 0 Å². The van der Waals surface area contributed by atoms with E-state index in [0.29, 0.717) is 21.2 Å². The minimum atomic E-state index is -1.20. The molecule has 0 spiro atoms. The number of nitrogens with zero attached hydrogens (tertiary/aromatic N) is 4. The molecule has 2 heterocycles. The van der Waals surface area contributed by atoms with Gasteiger partial charge in [0.05, 0.1) is 17.0 Å². The number of fused-ring (bicyclic) bond motifs is 1. The van der Waals surface area contributed by atoms with Crippen LogP contribution in [0.4, 0.5) is 0 Å². The maximum atomic E-state index is 11.5. The first-order chi connectivity index (χ1) is 8.92. The van der Waals surface area contributed by atoms with Gasteiger partial charge >= 0.3 is 0 Å². The van der Waals surface area contributed by atoms with Crippen LogP contribution in [0, 0.1) is 5.41 Å². The summed E-state index contributed by atoms with van der Waals surface area (Å²) >= 11 is 6.16. The lowest BCUT2D eigenvalue weighted by molar-refractivity contribution is -0.131. The predicted octanol–water partition coefficient (Wildman–Crippen LogP) is 1.96. The van der Waals surface area contributed by atoms with Gasteiger partial charge in [0.15, 0.2) is 5.15 Å². The van der Waals surface area contributed by atoms with Crippen molar-refractivity contribution in [3.63, 3.8) is 0 Å². The van der Waals surface area contributed by atoms with E-state index < -0.39 is 10.8 Å². The first-order valence-electron chi connectivity index (χ1n) is 6.18. The average Bonchev–Trinajstić information content (AvgIpc) is 2.61. The second-order valence-electron chi connectivity index (χ2n) is 6.14. The monoisotopic (exact) mass is 296 g/mol. The summed E-state index contributed by atoms with van der Waals surface area (Å²) < 4.78 is 13.3. The largest absolute Gasteiger partial charge is 0.251 e. The molecule has 3 saturated carbocycles. The number of imidazole rings is 1. The molecule has 3 aliphatic carbocycles. The van der Waals surface area contributed by atoms with Crippen molar-refractivity contribution >= 4 is 27.9 Å². The van der Waals surface area contributed by atoms with Gasteiger partial charge in [-0.1, -0.05) is 18.5 Å². The Bertz CT molecular complexity index is 721. The minimum absolute atomic E-state index is 0.131. The van der Waals surface area contributed by atoms with Crippen LogP contribution in [0.25, 0.3) is 5.52 Å². The number of hydrogen-bond acceptors (Lipinski definition) is 4. The fraction of sp³-hybridized carbons (Fsp3) is 0.583. The predicted molar refractivity (Wildman–Crippen MR) is 71.8 cm³/mol. The zero-order valence-electron chi connectivity index (χ0n) is 10.7. The third-order valence-corrected chi connectivity index (χ3v) is 5.33. The summed E-state index contributed by atoms with van der Waals surface area (Å²) in [6.45, 7) is 2.30. The van der Waals surface area contributed by atoms with Crippen molar-refractivity contribution in [2.24, 2.45) is 5.41 Å². The molecule has 3 aliphatic rings. The summed E-state index contributed by atoms with van der Waals surface area (Å²) in [6.07, 6.45) is 6.61. The van der Waals surface area contributed by atoms with Crippen molar-refractivity contribution in [2.75, 3.05) is 6.26 Å². The van der Waals surface area contributed by atoms with E-state index >= 15 is 0 Å². The normalized spacial score (nSPS) is 33.8. The molecule has 100 valence electrons. The highest BCUT2D eigenvalue weighted by molar-refractivity contribution is 7.84. The first-order valence-corrected chi connectivity index (χ1v) is 8.11. The Hall–Kier alpha value is -1.01. The highest BCUT2D eigenvalue weighted by Gasteiger charge is 2.67. The molecule has 1 atom stereocenters. The molecule has 0 saturated heterocycles. The molecular formula is C12H13ClN4OS. The van der Waals surface area contributed by atoms with Crippen LogP contribution in [0.2, 0.25) is 5.15 Å². The van der Waals surface area contributed by atoms with Gasteiger partial charge in [0, 0.05) is 11.7 Å². The molecule has 0 amide bonds. The van der Waals surface area contributed by atoms with Crippen molar-refractivity contribution < 1.29 is 4.21 Å². The van der Waals surface area contributed by atoms with Crippen LogP contribution in [-0.4, -0.2) is 30.0 Å². The molecule has 3 fully saturated rings. The molecule has 5 nitrogen and oxygen atoms in total. The highest BCUT2D eigenvalue weighted by atomic mass is 35.5. The van der Waals surface area contributed by atoms with Gasteiger partial charge in [-0.3, -0.25) is 4.21 Å². The lowest BCUT2D eigenvalue weighted by atomic mass is 9.35. The molecule has 0 radical (unpaired) electrons. The quantitative estimate of drug-likeness (QED) is 0.850. The SMILES string of the molecule is CS(=O)c1ncc2c(Cl)nc(C34CC(C)(C3)C4)n2n1. The van der Waals surface area contributed by atoms with Crippen LogP contribution in [0.5, 0.6) is 0 Å². The van der Waals surface area contributed by atoms with E-state index in [9.17, 15) is 4.21 Å². The molecular weight excluding hydrogens is 284 g/mol. The molecule has 2 aromatic heterocycles. The number of halogens is 1. The molecule has 2 bridgehead atoms. The van der Waals surface area contributed by atoms with Crippen LogP contribution in [0.3, 0.4) is 0 Å². The summed E-state index contributed by atoms with van der Waals surface area (Å²) in [5, 5.41) is 5.10. The number of rotatable bonds is 2. The Labute approximate surface area is 117 Å². The number of hydrogen-bond donors (Lipinski definition) is 0. The molecule has 0 aromatic carbocycles.